The first-order valence-electron chi connectivity index (χ1n) is 9.68. The Morgan fingerprint density at radius 1 is 1.04 bits per heavy atom. The molecular formula is C21H33NO. The van der Waals surface area contributed by atoms with Gasteiger partial charge in [-0.15, -0.1) is 0 Å². The molecule has 1 aromatic carbocycles. The number of hydrogen-bond acceptors (Lipinski definition) is 2. The van der Waals surface area contributed by atoms with Crippen molar-refractivity contribution in [1.29, 1.82) is 0 Å². The van der Waals surface area contributed by atoms with Crippen LogP contribution in [0.3, 0.4) is 0 Å². The van der Waals surface area contributed by atoms with E-state index >= 15 is 0 Å². The number of benzene rings is 1. The summed E-state index contributed by atoms with van der Waals surface area (Å²) < 4.78 is 0. The quantitative estimate of drug-likeness (QED) is 0.857. The van der Waals surface area contributed by atoms with Crippen LogP contribution in [-0.4, -0.2) is 28.7 Å². The molecule has 1 aliphatic heterocycles. The van der Waals surface area contributed by atoms with Crippen molar-refractivity contribution >= 4 is 0 Å². The van der Waals surface area contributed by atoms with Crippen LogP contribution >= 0.6 is 0 Å². The predicted octanol–water partition coefficient (Wildman–Crippen LogP) is 4.62. The number of aliphatic hydroxyl groups is 1. The van der Waals surface area contributed by atoms with E-state index in [0.717, 1.165) is 38.4 Å². The van der Waals surface area contributed by atoms with E-state index in [2.05, 4.69) is 42.2 Å². The van der Waals surface area contributed by atoms with Crippen molar-refractivity contribution < 1.29 is 5.11 Å². The Labute approximate surface area is 141 Å². The second-order valence-corrected chi connectivity index (χ2v) is 7.87. The second kappa shape index (κ2) is 7.81. The van der Waals surface area contributed by atoms with E-state index in [1.54, 1.807) is 0 Å². The maximum absolute atomic E-state index is 11.2. The smallest absolute Gasteiger partial charge is 0.0700 e. The summed E-state index contributed by atoms with van der Waals surface area (Å²) in [6.07, 6.45) is 9.80. The van der Waals surface area contributed by atoms with Gasteiger partial charge in [-0.1, -0.05) is 62.9 Å². The first kappa shape index (κ1) is 17.0. The lowest BCUT2D eigenvalue weighted by Gasteiger charge is -2.45. The molecule has 0 atom stereocenters. The van der Waals surface area contributed by atoms with E-state index in [4.69, 9.17) is 0 Å². The molecule has 0 unspecified atom stereocenters. The van der Waals surface area contributed by atoms with Gasteiger partial charge in [-0.3, -0.25) is 4.90 Å². The van der Waals surface area contributed by atoms with E-state index in [0.29, 0.717) is 5.92 Å². The second-order valence-electron chi connectivity index (χ2n) is 7.87. The molecule has 1 N–H and O–H groups in total. The van der Waals surface area contributed by atoms with Crippen molar-refractivity contribution in [3.8, 4) is 0 Å². The zero-order valence-corrected chi connectivity index (χ0v) is 14.7. The number of nitrogens with zero attached hydrogens (tertiary/aromatic N) is 1. The molecule has 128 valence electrons. The minimum absolute atomic E-state index is 0.385. The summed E-state index contributed by atoms with van der Waals surface area (Å²) in [5.74, 6) is 1.48. The standard InChI is InChI=1S/C21H33NO/c1-2-6-18-9-11-20(12-10-18)21(23)13-15-22(16-14-21)17-19-7-4-3-5-8-19/h3-5,7-8,18,20,23H,2,6,9-17H2,1H3. The number of hydrogen-bond donors (Lipinski definition) is 1. The molecule has 2 nitrogen and oxygen atoms in total. The minimum Gasteiger partial charge on any atom is -0.390 e. The van der Waals surface area contributed by atoms with E-state index in [9.17, 15) is 5.11 Å². The fourth-order valence-corrected chi connectivity index (χ4v) is 4.74. The molecule has 2 fully saturated rings. The summed E-state index contributed by atoms with van der Waals surface area (Å²) in [6.45, 7) is 5.41. The Morgan fingerprint density at radius 3 is 2.30 bits per heavy atom. The van der Waals surface area contributed by atoms with E-state index in [-0.39, 0.29) is 5.60 Å². The maximum Gasteiger partial charge on any atom is 0.0700 e. The molecule has 1 aliphatic carbocycles. The van der Waals surface area contributed by atoms with Crippen molar-refractivity contribution in [2.75, 3.05) is 13.1 Å². The molecule has 0 bridgehead atoms. The van der Waals surface area contributed by atoms with Crippen molar-refractivity contribution in [2.45, 2.75) is 70.4 Å². The third-order valence-corrected chi connectivity index (χ3v) is 6.27. The molecule has 2 heteroatoms. The highest BCUT2D eigenvalue weighted by Gasteiger charge is 2.40. The first-order chi connectivity index (χ1) is 11.2. The predicted molar refractivity (Wildman–Crippen MR) is 96.3 cm³/mol. The van der Waals surface area contributed by atoms with Crippen LogP contribution in [0.25, 0.3) is 0 Å². The molecule has 0 radical (unpaired) electrons. The Morgan fingerprint density at radius 2 is 1.70 bits per heavy atom. The molecule has 1 aromatic rings. The van der Waals surface area contributed by atoms with Crippen molar-refractivity contribution in [2.24, 2.45) is 11.8 Å². The van der Waals surface area contributed by atoms with Gasteiger partial charge in [0.25, 0.3) is 0 Å². The lowest BCUT2D eigenvalue weighted by molar-refractivity contribution is -0.0822. The summed E-state index contributed by atoms with van der Waals surface area (Å²) in [7, 11) is 0. The van der Waals surface area contributed by atoms with Crippen LogP contribution in [0.15, 0.2) is 30.3 Å². The molecule has 0 spiro atoms. The summed E-state index contributed by atoms with van der Waals surface area (Å²) in [5.41, 5.74) is 1.00. The Hall–Kier alpha value is -0.860. The van der Waals surface area contributed by atoms with Gasteiger partial charge in [0.2, 0.25) is 0 Å². The van der Waals surface area contributed by atoms with Crippen molar-refractivity contribution in [1.82, 2.24) is 4.90 Å². The fraction of sp³-hybridized carbons (Fsp3) is 0.714. The molecule has 0 aromatic heterocycles. The maximum atomic E-state index is 11.2. The third-order valence-electron chi connectivity index (χ3n) is 6.27. The highest BCUT2D eigenvalue weighted by atomic mass is 16.3. The lowest BCUT2D eigenvalue weighted by atomic mass is 9.69. The van der Waals surface area contributed by atoms with Crippen LogP contribution in [0.1, 0.15) is 63.9 Å². The first-order valence-corrected chi connectivity index (χ1v) is 9.68. The number of likely N-dealkylation sites (tertiary alicyclic amines) is 1. The SMILES string of the molecule is CCCC1CCC(C2(O)CCN(Cc3ccccc3)CC2)CC1. The monoisotopic (exact) mass is 315 g/mol. The van der Waals surface area contributed by atoms with Gasteiger partial charge < -0.3 is 5.11 Å². The van der Waals surface area contributed by atoms with Gasteiger partial charge in [0, 0.05) is 19.6 Å². The van der Waals surface area contributed by atoms with Crippen molar-refractivity contribution in [3.63, 3.8) is 0 Å². The minimum atomic E-state index is -0.385. The summed E-state index contributed by atoms with van der Waals surface area (Å²) in [5, 5.41) is 11.2. The topological polar surface area (TPSA) is 23.5 Å². The average molecular weight is 316 g/mol. The highest BCUT2D eigenvalue weighted by molar-refractivity contribution is 5.14. The molecule has 1 saturated carbocycles. The van der Waals surface area contributed by atoms with E-state index < -0.39 is 0 Å². The van der Waals surface area contributed by atoms with E-state index in [1.165, 1.54) is 44.1 Å². The van der Waals surface area contributed by atoms with Gasteiger partial charge in [-0.2, -0.15) is 0 Å². The Balaban J connectivity index is 1.48. The van der Waals surface area contributed by atoms with Crippen molar-refractivity contribution in [3.05, 3.63) is 35.9 Å². The van der Waals surface area contributed by atoms with Crippen LogP contribution in [0.2, 0.25) is 0 Å². The summed E-state index contributed by atoms with van der Waals surface area (Å²) in [4.78, 5) is 2.51. The van der Waals surface area contributed by atoms with Crippen LogP contribution in [0.4, 0.5) is 0 Å². The zero-order chi connectivity index (χ0) is 16.1. The van der Waals surface area contributed by atoms with Crippen LogP contribution in [-0.2, 0) is 6.54 Å². The Bertz CT molecular complexity index is 456. The zero-order valence-electron chi connectivity index (χ0n) is 14.7. The normalized spacial score (nSPS) is 28.6. The van der Waals surface area contributed by atoms with Gasteiger partial charge in [-0.05, 0) is 43.1 Å². The fourth-order valence-electron chi connectivity index (χ4n) is 4.74. The largest absolute Gasteiger partial charge is 0.390 e. The molecule has 3 rings (SSSR count). The molecule has 2 aliphatic rings. The van der Waals surface area contributed by atoms with Gasteiger partial charge >= 0.3 is 0 Å². The Kier molecular flexibility index (Phi) is 5.76. The average Bonchev–Trinajstić information content (AvgIpc) is 2.59. The molecule has 23 heavy (non-hydrogen) atoms. The van der Waals surface area contributed by atoms with Gasteiger partial charge in [-0.25, -0.2) is 0 Å². The van der Waals surface area contributed by atoms with Crippen LogP contribution < -0.4 is 0 Å². The molecule has 0 amide bonds. The highest BCUT2D eigenvalue weighted by Crippen LogP contribution is 2.41. The third kappa shape index (κ3) is 4.36. The molecule has 1 saturated heterocycles. The molecular weight excluding hydrogens is 282 g/mol. The van der Waals surface area contributed by atoms with Gasteiger partial charge in [0.15, 0.2) is 0 Å². The number of rotatable bonds is 5. The summed E-state index contributed by atoms with van der Waals surface area (Å²) in [6, 6.07) is 10.7. The van der Waals surface area contributed by atoms with E-state index in [1.807, 2.05) is 0 Å². The molecule has 1 heterocycles. The van der Waals surface area contributed by atoms with Gasteiger partial charge in [0.05, 0.1) is 5.60 Å². The van der Waals surface area contributed by atoms with Crippen LogP contribution in [0.5, 0.6) is 0 Å². The van der Waals surface area contributed by atoms with Gasteiger partial charge in [0.1, 0.15) is 0 Å². The summed E-state index contributed by atoms with van der Waals surface area (Å²) >= 11 is 0. The lowest BCUT2D eigenvalue weighted by Crippen LogP contribution is -2.49. The number of piperidine rings is 1. The van der Waals surface area contributed by atoms with Crippen LogP contribution in [0, 0.1) is 11.8 Å².